The van der Waals surface area contributed by atoms with Gasteiger partial charge in [-0.2, -0.15) is 9.78 Å². The largest absolute Gasteiger partial charge is 0.496 e. The lowest BCUT2D eigenvalue weighted by atomic mass is 10.2. The summed E-state index contributed by atoms with van der Waals surface area (Å²) in [6, 6.07) is 16.1. The zero-order valence-electron chi connectivity index (χ0n) is 19.4. The molecule has 0 amide bonds. The van der Waals surface area contributed by atoms with Crippen molar-refractivity contribution in [2.45, 2.75) is 0 Å². The average Bonchev–Trinajstić information content (AvgIpc) is 3.34. The summed E-state index contributed by atoms with van der Waals surface area (Å²) in [5.41, 5.74) is 1.45. The van der Waals surface area contributed by atoms with E-state index in [4.69, 9.17) is 23.6 Å². The van der Waals surface area contributed by atoms with Gasteiger partial charge in [0.25, 0.3) is 5.56 Å². The number of aromatic nitrogens is 2. The topological polar surface area (TPSA) is 88.1 Å². The van der Waals surface area contributed by atoms with Crippen LogP contribution in [0.3, 0.4) is 0 Å². The van der Waals surface area contributed by atoms with Gasteiger partial charge in [-0.15, -0.1) is 0 Å². The van der Waals surface area contributed by atoms with Crippen molar-refractivity contribution in [1.82, 2.24) is 9.66 Å². The van der Waals surface area contributed by atoms with Crippen LogP contribution in [0.2, 0.25) is 0 Å². The van der Waals surface area contributed by atoms with Crippen LogP contribution < -0.4 is 19.8 Å². The number of rotatable bonds is 6. The van der Waals surface area contributed by atoms with Crippen molar-refractivity contribution in [3.8, 4) is 28.8 Å². The number of halogens is 2. The Labute approximate surface area is 222 Å². The summed E-state index contributed by atoms with van der Waals surface area (Å²) in [4.78, 5) is 18.3. The van der Waals surface area contributed by atoms with Gasteiger partial charge >= 0.3 is 0 Å². The molecule has 2 aromatic heterocycles. The van der Waals surface area contributed by atoms with E-state index in [9.17, 15) is 4.79 Å². The fourth-order valence-electron chi connectivity index (χ4n) is 3.87. The van der Waals surface area contributed by atoms with Gasteiger partial charge in [-0.05, 0) is 68.3 Å². The van der Waals surface area contributed by atoms with E-state index in [0.29, 0.717) is 54.0 Å². The molecule has 3 aromatic carbocycles. The van der Waals surface area contributed by atoms with Gasteiger partial charge in [-0.25, -0.2) is 4.98 Å². The van der Waals surface area contributed by atoms with Gasteiger partial charge in [0.2, 0.25) is 5.82 Å². The molecule has 2 heterocycles. The van der Waals surface area contributed by atoms with Crippen LogP contribution in [0.25, 0.3) is 33.5 Å². The predicted octanol–water partition coefficient (Wildman–Crippen LogP) is 6.24. The summed E-state index contributed by atoms with van der Waals surface area (Å²) in [5.74, 6) is 2.32. The number of hydrogen-bond donors (Lipinski definition) is 0. The van der Waals surface area contributed by atoms with E-state index in [2.05, 4.69) is 37.0 Å². The van der Waals surface area contributed by atoms with Gasteiger partial charge in [0, 0.05) is 10.0 Å². The fraction of sp³-hybridized carbons (Fsp3) is 0.115. The molecule has 0 unspecified atom stereocenters. The highest BCUT2D eigenvalue weighted by molar-refractivity contribution is 9.13. The number of benzene rings is 3. The minimum Gasteiger partial charge on any atom is -0.496 e. The average molecular weight is 613 g/mol. The molecule has 0 aliphatic heterocycles. The van der Waals surface area contributed by atoms with Crippen LogP contribution in [0.5, 0.6) is 17.2 Å². The second-order valence-electron chi connectivity index (χ2n) is 7.63. The van der Waals surface area contributed by atoms with Gasteiger partial charge in [0.1, 0.15) is 11.3 Å². The van der Waals surface area contributed by atoms with Crippen molar-refractivity contribution in [3.63, 3.8) is 0 Å². The lowest BCUT2D eigenvalue weighted by Crippen LogP contribution is -2.20. The minimum absolute atomic E-state index is 0.254. The molecule has 0 spiro atoms. The van der Waals surface area contributed by atoms with Crippen LogP contribution in [0.4, 0.5) is 0 Å². The van der Waals surface area contributed by atoms with Crippen LogP contribution in [-0.4, -0.2) is 37.2 Å². The van der Waals surface area contributed by atoms with E-state index in [1.165, 1.54) is 4.68 Å². The number of nitrogens with zero attached hydrogens (tertiary/aromatic N) is 3. The van der Waals surface area contributed by atoms with Crippen molar-refractivity contribution >= 4 is 59.9 Å². The van der Waals surface area contributed by atoms with E-state index in [1.54, 1.807) is 57.9 Å². The van der Waals surface area contributed by atoms with Crippen LogP contribution in [0.1, 0.15) is 5.56 Å². The van der Waals surface area contributed by atoms with Gasteiger partial charge < -0.3 is 18.6 Å². The Morgan fingerprint density at radius 2 is 1.69 bits per heavy atom. The molecule has 36 heavy (non-hydrogen) atoms. The number of hydrogen-bond acceptors (Lipinski definition) is 7. The number of furan rings is 1. The Kier molecular flexibility index (Phi) is 6.55. The lowest BCUT2D eigenvalue weighted by molar-refractivity contribution is 0.353. The highest BCUT2D eigenvalue weighted by Gasteiger charge is 2.19. The molecular formula is C26H19Br2N3O5. The standard InChI is InChI=1S/C26H19Br2N3O5/c1-33-18-9-6-10-19-16(18)12-21(36-19)25-30-17-8-5-4-7-15(17)26(32)31(25)29-13-14-11-20(34-2)24(35-3)23(28)22(14)27/h4-13H,1-3H3. The molecule has 0 aliphatic carbocycles. The molecule has 0 fully saturated rings. The summed E-state index contributed by atoms with van der Waals surface area (Å²) in [6.45, 7) is 0. The predicted molar refractivity (Wildman–Crippen MR) is 146 cm³/mol. The molecule has 0 atom stereocenters. The number of ether oxygens (including phenoxy) is 3. The van der Waals surface area contributed by atoms with Crippen molar-refractivity contribution in [1.29, 1.82) is 0 Å². The molecule has 0 saturated carbocycles. The molecule has 10 heteroatoms. The van der Waals surface area contributed by atoms with Crippen LogP contribution >= 0.6 is 31.9 Å². The Morgan fingerprint density at radius 3 is 2.44 bits per heavy atom. The van der Waals surface area contributed by atoms with E-state index >= 15 is 0 Å². The van der Waals surface area contributed by atoms with E-state index in [0.717, 1.165) is 5.39 Å². The second kappa shape index (κ2) is 9.79. The zero-order valence-corrected chi connectivity index (χ0v) is 22.6. The third-order valence-electron chi connectivity index (χ3n) is 5.61. The lowest BCUT2D eigenvalue weighted by Gasteiger charge is -2.13. The molecular weight excluding hydrogens is 594 g/mol. The molecule has 8 nitrogen and oxygen atoms in total. The first-order chi connectivity index (χ1) is 17.5. The molecule has 0 saturated heterocycles. The van der Waals surface area contributed by atoms with Crippen molar-refractivity contribution in [2.75, 3.05) is 21.3 Å². The van der Waals surface area contributed by atoms with Crippen molar-refractivity contribution in [3.05, 3.63) is 79.5 Å². The molecule has 0 aliphatic rings. The van der Waals surface area contributed by atoms with Gasteiger partial charge in [-0.3, -0.25) is 4.79 Å². The fourth-order valence-corrected chi connectivity index (χ4v) is 4.86. The van der Waals surface area contributed by atoms with Crippen molar-refractivity contribution in [2.24, 2.45) is 5.10 Å². The number of para-hydroxylation sites is 1. The Morgan fingerprint density at radius 1 is 0.917 bits per heavy atom. The zero-order chi connectivity index (χ0) is 25.4. The Hall–Kier alpha value is -3.63. The summed E-state index contributed by atoms with van der Waals surface area (Å²) in [7, 11) is 4.69. The first-order valence-electron chi connectivity index (χ1n) is 10.7. The normalized spacial score (nSPS) is 11.5. The smallest absolute Gasteiger partial charge is 0.282 e. The molecule has 182 valence electrons. The maximum atomic E-state index is 13.5. The van der Waals surface area contributed by atoms with Crippen molar-refractivity contribution < 1.29 is 18.6 Å². The van der Waals surface area contributed by atoms with Gasteiger partial charge in [0.05, 0.1) is 48.3 Å². The highest BCUT2D eigenvalue weighted by atomic mass is 79.9. The quantitative estimate of drug-likeness (QED) is 0.211. The molecule has 0 N–H and O–H groups in total. The first kappa shape index (κ1) is 24.1. The number of methoxy groups -OCH3 is 3. The molecule has 0 radical (unpaired) electrons. The Balaban J connectivity index is 1.74. The van der Waals surface area contributed by atoms with E-state index in [-0.39, 0.29) is 11.4 Å². The van der Waals surface area contributed by atoms with Crippen LogP contribution in [0, 0.1) is 0 Å². The number of fused-ring (bicyclic) bond motifs is 2. The first-order valence-corrected chi connectivity index (χ1v) is 12.3. The summed E-state index contributed by atoms with van der Waals surface area (Å²) in [6.07, 6.45) is 1.54. The Bertz CT molecular complexity index is 1710. The van der Waals surface area contributed by atoms with Gasteiger partial charge in [-0.1, -0.05) is 18.2 Å². The SMILES string of the molecule is COc1cc(C=Nn2c(-c3cc4c(OC)cccc4o3)nc3ccccc3c2=O)c(Br)c(Br)c1OC. The molecule has 5 aromatic rings. The third kappa shape index (κ3) is 4.06. The van der Waals surface area contributed by atoms with E-state index < -0.39 is 0 Å². The molecule has 0 bridgehead atoms. The summed E-state index contributed by atoms with van der Waals surface area (Å²) < 4.78 is 25.0. The minimum atomic E-state index is -0.338. The second-order valence-corrected chi connectivity index (χ2v) is 9.21. The third-order valence-corrected chi connectivity index (χ3v) is 7.75. The van der Waals surface area contributed by atoms with E-state index in [1.807, 2.05) is 24.3 Å². The summed E-state index contributed by atoms with van der Waals surface area (Å²) >= 11 is 7.08. The monoisotopic (exact) mass is 611 g/mol. The van der Waals surface area contributed by atoms with Gasteiger partial charge in [0.15, 0.2) is 17.3 Å². The maximum absolute atomic E-state index is 13.5. The summed E-state index contributed by atoms with van der Waals surface area (Å²) in [5, 5.41) is 5.72. The highest BCUT2D eigenvalue weighted by Crippen LogP contribution is 2.42. The maximum Gasteiger partial charge on any atom is 0.282 e. The van der Waals surface area contributed by atoms with Crippen LogP contribution in [-0.2, 0) is 0 Å². The molecule has 5 rings (SSSR count). The van der Waals surface area contributed by atoms with Crippen LogP contribution in [0.15, 0.2) is 77.9 Å².